The molecule has 2 nitrogen and oxygen atoms in total. The van der Waals surface area contributed by atoms with E-state index < -0.39 is 0 Å². The van der Waals surface area contributed by atoms with Crippen LogP contribution in [0.4, 0.5) is 0 Å². The summed E-state index contributed by atoms with van der Waals surface area (Å²) in [7, 11) is 0. The first-order chi connectivity index (χ1) is 5.63. The van der Waals surface area contributed by atoms with Crippen molar-refractivity contribution in [2.24, 2.45) is 9.98 Å². The molecule has 0 aromatic carbocycles. The molecule has 0 aliphatic heterocycles. The minimum absolute atomic E-state index is 0. The van der Waals surface area contributed by atoms with Crippen molar-refractivity contribution in [3.05, 3.63) is 7.43 Å². The molecular weight excluding hydrogens is 261 g/mol. The third kappa shape index (κ3) is 29.7. The number of hydrogen-bond donors (Lipinski definition) is 0. The summed E-state index contributed by atoms with van der Waals surface area (Å²) in [6, 6.07) is 0.747. The fraction of sp³-hybridized carbons (Fsp3) is 0.727. The second-order valence-electron chi connectivity index (χ2n) is 2.78. The van der Waals surface area contributed by atoms with Gasteiger partial charge in [-0.1, -0.05) is 13.8 Å². The van der Waals surface area contributed by atoms with Crippen LogP contribution in [0.3, 0.4) is 0 Å². The number of rotatable bonds is 3. The van der Waals surface area contributed by atoms with Crippen LogP contribution in [-0.2, 0) is 19.5 Å². The van der Waals surface area contributed by atoms with Gasteiger partial charge in [-0.15, -0.1) is 0 Å². The summed E-state index contributed by atoms with van der Waals surface area (Å²) in [6.07, 6.45) is 3.51. The Labute approximate surface area is 103 Å². The van der Waals surface area contributed by atoms with Gasteiger partial charge in [0.2, 0.25) is 0 Å². The van der Waals surface area contributed by atoms with Crippen molar-refractivity contribution in [2.75, 3.05) is 0 Å². The summed E-state index contributed by atoms with van der Waals surface area (Å²) < 4.78 is 0. The Morgan fingerprint density at radius 1 is 0.786 bits per heavy atom. The van der Waals surface area contributed by atoms with Crippen molar-refractivity contribution in [2.45, 2.75) is 53.6 Å². The van der Waals surface area contributed by atoms with E-state index in [0.717, 1.165) is 0 Å². The van der Waals surface area contributed by atoms with E-state index in [9.17, 15) is 0 Å². The van der Waals surface area contributed by atoms with Gasteiger partial charge in [0.1, 0.15) is 0 Å². The van der Waals surface area contributed by atoms with Crippen molar-refractivity contribution in [3.8, 4) is 0 Å². The van der Waals surface area contributed by atoms with Gasteiger partial charge in [0.25, 0.3) is 0 Å². The predicted octanol–water partition coefficient (Wildman–Crippen LogP) is 3.42. The first kappa shape index (κ1) is 23.6. The zero-order valence-electron chi connectivity index (χ0n) is 10.6. The average molecular weight is 286 g/mol. The zero-order chi connectivity index (χ0) is 9.98. The summed E-state index contributed by atoms with van der Waals surface area (Å²) in [5.74, 6) is 0. The first-order valence-corrected chi connectivity index (χ1v) is 4.68. The topological polar surface area (TPSA) is 24.7 Å². The molecule has 0 rings (SSSR count). The monoisotopic (exact) mass is 287 g/mol. The van der Waals surface area contributed by atoms with Crippen molar-refractivity contribution in [1.29, 1.82) is 0 Å². The number of aliphatic imine (C=N–C) groups is 2. The van der Waals surface area contributed by atoms with E-state index in [-0.39, 0.29) is 26.9 Å². The Morgan fingerprint density at radius 2 is 1.00 bits per heavy atom. The molecule has 0 aliphatic rings. The molecule has 0 aliphatic carbocycles. The molecule has 0 amide bonds. The van der Waals surface area contributed by atoms with Crippen molar-refractivity contribution < 1.29 is 19.5 Å². The molecule has 0 spiro atoms. The fourth-order valence-electron chi connectivity index (χ4n) is 0.421. The van der Waals surface area contributed by atoms with E-state index in [0.29, 0.717) is 12.1 Å². The van der Waals surface area contributed by atoms with Crippen molar-refractivity contribution in [3.63, 3.8) is 0 Å². The molecular formula is C11H25N2Ru. The van der Waals surface area contributed by atoms with Crippen molar-refractivity contribution >= 4 is 12.4 Å². The first-order valence-electron chi connectivity index (χ1n) is 4.68. The second-order valence-corrected chi connectivity index (χ2v) is 2.78. The Hall–Kier alpha value is -0.0366. The molecule has 0 fully saturated rings. The quantitative estimate of drug-likeness (QED) is 0.431. The molecule has 0 aromatic rings. The van der Waals surface area contributed by atoms with Crippen LogP contribution in [0.25, 0.3) is 0 Å². The maximum Gasteiger partial charge on any atom is 1.00 e. The largest absolute Gasteiger partial charge is 1.00 e. The number of hydrogen-bond acceptors (Lipinski definition) is 2. The van der Waals surface area contributed by atoms with Gasteiger partial charge in [-0.3, -0.25) is 9.98 Å². The zero-order valence-corrected chi connectivity index (χ0v) is 12.3. The summed E-state index contributed by atoms with van der Waals surface area (Å²) >= 11 is 0. The molecule has 0 saturated carbocycles. The van der Waals surface area contributed by atoms with Gasteiger partial charge < -0.3 is 7.43 Å². The van der Waals surface area contributed by atoms with Crippen LogP contribution < -0.4 is 0 Å². The number of nitrogens with zero attached hydrogens (tertiary/aromatic N) is 2. The van der Waals surface area contributed by atoms with Gasteiger partial charge in [-0.2, -0.15) is 0 Å². The fourth-order valence-corrected chi connectivity index (χ4v) is 0.421. The van der Waals surface area contributed by atoms with E-state index in [1.165, 1.54) is 0 Å². The van der Waals surface area contributed by atoms with Crippen LogP contribution in [0.5, 0.6) is 0 Å². The van der Waals surface area contributed by atoms with E-state index in [1.807, 2.05) is 41.5 Å². The van der Waals surface area contributed by atoms with Crippen LogP contribution >= 0.6 is 0 Å². The molecule has 14 heavy (non-hydrogen) atoms. The van der Waals surface area contributed by atoms with Crippen molar-refractivity contribution in [1.82, 2.24) is 0 Å². The van der Waals surface area contributed by atoms with Crippen LogP contribution in [0, 0.1) is 7.43 Å². The Kier molecular flexibility index (Phi) is 31.6. The van der Waals surface area contributed by atoms with Gasteiger partial charge in [0, 0.05) is 24.5 Å². The molecule has 0 bridgehead atoms. The predicted molar refractivity (Wildman–Crippen MR) is 65.0 cm³/mol. The third-order valence-corrected chi connectivity index (χ3v) is 0.835. The average Bonchev–Trinajstić information content (AvgIpc) is 2.02. The summed E-state index contributed by atoms with van der Waals surface area (Å²) in [4.78, 5) is 8.24. The van der Waals surface area contributed by atoms with E-state index in [1.54, 1.807) is 12.4 Å². The Balaban J connectivity index is -0.000000117. The molecule has 87 valence electrons. The Bertz CT molecular complexity index is 113. The van der Waals surface area contributed by atoms with Gasteiger partial charge in [-0.05, 0) is 27.7 Å². The molecule has 0 saturated heterocycles. The van der Waals surface area contributed by atoms with Gasteiger partial charge in [-0.25, -0.2) is 0 Å². The molecule has 0 unspecified atom stereocenters. The Morgan fingerprint density at radius 3 is 1.14 bits per heavy atom. The normalized spacial score (nSPS) is 9.71. The van der Waals surface area contributed by atoms with Crippen LogP contribution in [-0.4, -0.2) is 24.5 Å². The minimum atomic E-state index is 0. The van der Waals surface area contributed by atoms with E-state index in [4.69, 9.17) is 0 Å². The summed E-state index contributed by atoms with van der Waals surface area (Å²) in [5, 5.41) is 0. The smallest absolute Gasteiger partial charge is 0.358 e. The van der Waals surface area contributed by atoms with Gasteiger partial charge in [0.15, 0.2) is 0 Å². The molecule has 1 radical (unpaired) electrons. The maximum absolute atomic E-state index is 4.12. The van der Waals surface area contributed by atoms with Crippen LogP contribution in [0.15, 0.2) is 9.98 Å². The van der Waals surface area contributed by atoms with Gasteiger partial charge in [0.05, 0.1) is 0 Å². The summed E-state index contributed by atoms with van der Waals surface area (Å²) in [5.41, 5.74) is 0. The van der Waals surface area contributed by atoms with Gasteiger partial charge >= 0.3 is 19.5 Å². The molecule has 0 heterocycles. The molecule has 0 aromatic heterocycles. The molecule has 0 N–H and O–H groups in total. The van der Waals surface area contributed by atoms with E-state index >= 15 is 0 Å². The molecule has 0 atom stereocenters. The van der Waals surface area contributed by atoms with Crippen LogP contribution in [0.1, 0.15) is 41.5 Å². The minimum Gasteiger partial charge on any atom is -0.358 e. The van der Waals surface area contributed by atoms with Crippen LogP contribution in [0.2, 0.25) is 0 Å². The molecule has 3 heteroatoms. The SMILES string of the molecule is CC.CC(C)N=CC=NC(C)C.[CH3-].[Ru+]. The second kappa shape index (κ2) is 18.7. The third-order valence-electron chi connectivity index (χ3n) is 0.835. The standard InChI is InChI=1S/C8H16N2.C2H6.CH3.Ru/c1-7(2)9-5-6-10-8(3)4;1-2;;/h5-8H,1-4H3;1-2H3;1H3;/q;;-1;+1. The maximum atomic E-state index is 4.12. The van der Waals surface area contributed by atoms with E-state index in [2.05, 4.69) is 9.98 Å². The summed E-state index contributed by atoms with van der Waals surface area (Å²) in [6.45, 7) is 12.2.